The van der Waals surface area contributed by atoms with E-state index >= 15 is 0 Å². The molecule has 3 rings (SSSR count). The Morgan fingerprint density at radius 1 is 1.20 bits per heavy atom. The molecule has 0 fully saturated rings. The highest BCUT2D eigenvalue weighted by atomic mass is 79.9. The number of nitrogens with zero attached hydrogens (tertiary/aromatic N) is 3. The van der Waals surface area contributed by atoms with Crippen molar-refractivity contribution in [1.82, 2.24) is 14.4 Å². The topological polar surface area (TPSA) is 39.4 Å². The minimum atomic E-state index is -2.87. The van der Waals surface area contributed by atoms with Crippen LogP contribution in [-0.4, -0.2) is 21.0 Å². The highest BCUT2D eigenvalue weighted by Gasteiger charge is 2.13. The van der Waals surface area contributed by atoms with Gasteiger partial charge in [-0.25, -0.2) is 9.97 Å². The van der Waals surface area contributed by atoms with Crippen molar-refractivity contribution in [3.05, 3.63) is 47.3 Å². The van der Waals surface area contributed by atoms with Gasteiger partial charge in [0.15, 0.2) is 0 Å². The van der Waals surface area contributed by atoms with Crippen LogP contribution in [0.15, 0.2) is 47.3 Å². The van der Waals surface area contributed by atoms with E-state index in [4.69, 9.17) is 0 Å². The van der Waals surface area contributed by atoms with Gasteiger partial charge in [0.1, 0.15) is 5.75 Å². The summed E-state index contributed by atoms with van der Waals surface area (Å²) in [6.45, 7) is -2.87. The molecule has 20 heavy (non-hydrogen) atoms. The number of halogens is 3. The summed E-state index contributed by atoms with van der Waals surface area (Å²) in [4.78, 5) is 8.43. The minimum absolute atomic E-state index is 0.0879. The number of para-hydroxylation sites is 1. The van der Waals surface area contributed by atoms with Gasteiger partial charge >= 0.3 is 6.61 Å². The first-order valence-electron chi connectivity index (χ1n) is 5.68. The van der Waals surface area contributed by atoms with Gasteiger partial charge in [-0.2, -0.15) is 8.78 Å². The maximum atomic E-state index is 12.4. The summed E-state index contributed by atoms with van der Waals surface area (Å²) >= 11 is 3.31. The van der Waals surface area contributed by atoms with E-state index in [1.54, 1.807) is 41.2 Å². The molecule has 0 spiro atoms. The van der Waals surface area contributed by atoms with Crippen molar-refractivity contribution in [2.24, 2.45) is 0 Å². The monoisotopic (exact) mass is 339 g/mol. The zero-order chi connectivity index (χ0) is 14.1. The van der Waals surface area contributed by atoms with Gasteiger partial charge in [-0.3, -0.25) is 4.40 Å². The number of fused-ring (bicyclic) bond motifs is 1. The van der Waals surface area contributed by atoms with E-state index in [9.17, 15) is 8.78 Å². The quantitative estimate of drug-likeness (QED) is 0.729. The van der Waals surface area contributed by atoms with Crippen LogP contribution in [0.25, 0.3) is 17.0 Å². The molecule has 0 bridgehead atoms. The normalized spacial score (nSPS) is 11.2. The van der Waals surface area contributed by atoms with E-state index < -0.39 is 6.61 Å². The van der Waals surface area contributed by atoms with Crippen molar-refractivity contribution >= 4 is 21.7 Å². The average Bonchev–Trinajstić information content (AvgIpc) is 2.81. The molecule has 4 nitrogen and oxygen atoms in total. The summed E-state index contributed by atoms with van der Waals surface area (Å²) < 4.78 is 31.8. The molecule has 0 N–H and O–H groups in total. The van der Waals surface area contributed by atoms with Crippen molar-refractivity contribution in [2.45, 2.75) is 6.61 Å². The molecular formula is C13H8BrF2N3O. The zero-order valence-corrected chi connectivity index (χ0v) is 11.6. The maximum absolute atomic E-state index is 12.4. The lowest BCUT2D eigenvalue weighted by molar-refractivity contribution is -0.0494. The molecule has 0 unspecified atom stereocenters. The SMILES string of the molecule is FC(F)Oc1ccccc1-c1cn2cc(Br)cnc2n1. The molecule has 1 aromatic carbocycles. The lowest BCUT2D eigenvalue weighted by atomic mass is 10.1. The predicted octanol–water partition coefficient (Wildman–Crippen LogP) is 3.76. The largest absolute Gasteiger partial charge is 0.434 e. The van der Waals surface area contributed by atoms with Crippen LogP contribution in [0.5, 0.6) is 5.75 Å². The summed E-state index contributed by atoms with van der Waals surface area (Å²) in [5, 5.41) is 0. The van der Waals surface area contributed by atoms with Crippen molar-refractivity contribution in [3.8, 4) is 17.0 Å². The molecule has 0 radical (unpaired) electrons. The Kier molecular flexibility index (Phi) is 3.35. The van der Waals surface area contributed by atoms with Gasteiger partial charge in [0.25, 0.3) is 0 Å². The average molecular weight is 340 g/mol. The van der Waals surface area contributed by atoms with E-state index in [1.807, 2.05) is 0 Å². The van der Waals surface area contributed by atoms with Crippen LogP contribution < -0.4 is 4.74 Å². The minimum Gasteiger partial charge on any atom is -0.434 e. The number of aromatic nitrogens is 3. The number of hydrogen-bond donors (Lipinski definition) is 0. The highest BCUT2D eigenvalue weighted by molar-refractivity contribution is 9.10. The molecule has 0 aliphatic heterocycles. The molecular weight excluding hydrogens is 332 g/mol. The Morgan fingerprint density at radius 3 is 2.80 bits per heavy atom. The Morgan fingerprint density at radius 2 is 2.00 bits per heavy atom. The van der Waals surface area contributed by atoms with E-state index in [2.05, 4.69) is 30.6 Å². The van der Waals surface area contributed by atoms with Crippen LogP contribution >= 0.6 is 15.9 Å². The van der Waals surface area contributed by atoms with Crippen molar-refractivity contribution < 1.29 is 13.5 Å². The van der Waals surface area contributed by atoms with E-state index in [-0.39, 0.29) is 5.75 Å². The van der Waals surface area contributed by atoms with Gasteiger partial charge in [-0.1, -0.05) is 12.1 Å². The first-order chi connectivity index (χ1) is 9.63. The van der Waals surface area contributed by atoms with Crippen molar-refractivity contribution in [1.29, 1.82) is 0 Å². The molecule has 0 atom stereocenters. The zero-order valence-electron chi connectivity index (χ0n) is 10.0. The predicted molar refractivity (Wildman–Crippen MR) is 72.8 cm³/mol. The smallest absolute Gasteiger partial charge is 0.387 e. The fourth-order valence-electron chi connectivity index (χ4n) is 1.87. The molecule has 0 amide bonds. The Labute approximate surface area is 121 Å². The van der Waals surface area contributed by atoms with Crippen LogP contribution in [0.2, 0.25) is 0 Å². The van der Waals surface area contributed by atoms with Crippen molar-refractivity contribution in [3.63, 3.8) is 0 Å². The fourth-order valence-corrected chi connectivity index (χ4v) is 2.19. The van der Waals surface area contributed by atoms with Gasteiger partial charge < -0.3 is 4.74 Å². The van der Waals surface area contributed by atoms with Gasteiger partial charge in [0.2, 0.25) is 5.78 Å². The maximum Gasteiger partial charge on any atom is 0.387 e. The summed E-state index contributed by atoms with van der Waals surface area (Å²) in [7, 11) is 0. The van der Waals surface area contributed by atoms with Crippen LogP contribution in [0.3, 0.4) is 0 Å². The van der Waals surface area contributed by atoms with Gasteiger partial charge in [-0.15, -0.1) is 0 Å². The third kappa shape index (κ3) is 2.49. The fraction of sp³-hybridized carbons (Fsp3) is 0.0769. The lowest BCUT2D eigenvalue weighted by Crippen LogP contribution is -2.03. The second kappa shape index (κ2) is 5.16. The molecule has 0 aliphatic carbocycles. The molecule has 0 saturated carbocycles. The number of alkyl halides is 2. The standard InChI is InChI=1S/C13H8BrF2N3O/c14-8-5-17-13-18-10(7-19(13)6-8)9-3-1-2-4-11(9)20-12(15)16/h1-7,12H. The first kappa shape index (κ1) is 13.0. The Hall–Kier alpha value is -2.02. The second-order valence-electron chi connectivity index (χ2n) is 3.98. The summed E-state index contributed by atoms with van der Waals surface area (Å²) in [6.07, 6.45) is 5.11. The first-order valence-corrected chi connectivity index (χ1v) is 6.47. The molecule has 0 saturated heterocycles. The van der Waals surface area contributed by atoms with Crippen molar-refractivity contribution in [2.75, 3.05) is 0 Å². The second-order valence-corrected chi connectivity index (χ2v) is 4.90. The van der Waals surface area contributed by atoms with Gasteiger partial charge in [-0.05, 0) is 28.1 Å². The van der Waals surface area contributed by atoms with Crippen LogP contribution in [0.4, 0.5) is 8.78 Å². The number of ether oxygens (including phenoxy) is 1. The van der Waals surface area contributed by atoms with Crippen LogP contribution in [0, 0.1) is 0 Å². The van der Waals surface area contributed by atoms with E-state index in [0.717, 1.165) is 4.47 Å². The van der Waals surface area contributed by atoms with Crippen LogP contribution in [0.1, 0.15) is 0 Å². The summed E-state index contributed by atoms with van der Waals surface area (Å²) in [6, 6.07) is 6.52. The van der Waals surface area contributed by atoms with Crippen LogP contribution in [-0.2, 0) is 0 Å². The Balaban J connectivity index is 2.10. The van der Waals surface area contributed by atoms with Gasteiger partial charge in [0, 0.05) is 24.2 Å². The summed E-state index contributed by atoms with van der Waals surface area (Å²) in [5.74, 6) is 0.569. The lowest BCUT2D eigenvalue weighted by Gasteiger charge is -2.08. The molecule has 0 aliphatic rings. The van der Waals surface area contributed by atoms with Gasteiger partial charge in [0.05, 0.1) is 10.2 Å². The molecule has 3 aromatic rings. The Bertz CT molecular complexity index is 760. The van der Waals surface area contributed by atoms with E-state index in [1.165, 1.54) is 6.07 Å². The third-order valence-corrected chi connectivity index (χ3v) is 3.07. The van der Waals surface area contributed by atoms with E-state index in [0.29, 0.717) is 17.0 Å². The third-order valence-electron chi connectivity index (χ3n) is 2.66. The highest BCUT2D eigenvalue weighted by Crippen LogP contribution is 2.30. The molecule has 7 heteroatoms. The number of imidazole rings is 1. The molecule has 2 aromatic heterocycles. The molecule has 102 valence electrons. The number of benzene rings is 1. The molecule has 2 heterocycles. The number of hydrogen-bond acceptors (Lipinski definition) is 3. The number of rotatable bonds is 3. The summed E-state index contributed by atoms with van der Waals surface area (Å²) in [5.41, 5.74) is 1.02.